The number of hydrogen-bond acceptors (Lipinski definition) is 2. The lowest BCUT2D eigenvalue weighted by molar-refractivity contribution is -0.164. The molecule has 4 aliphatic carbocycles. The minimum Gasteiger partial charge on any atom is -0.460 e. The van der Waals surface area contributed by atoms with E-state index in [0.29, 0.717) is 12.8 Å². The minimum absolute atomic E-state index is 0.0902. The van der Waals surface area contributed by atoms with Gasteiger partial charge in [-0.2, -0.15) is 26.3 Å². The standard InChI is InChI=1S/C19H22F6O2/c1-17(2,3)27-16(26)9-5-7-4-8(9)13-11-6-10(12(7)13)14(18(20,21)22)15(11)19(23,24)25/h7-13H,4-6H2,1-3H3. The van der Waals surface area contributed by atoms with E-state index in [1.807, 2.05) is 0 Å². The number of allylic oxidation sites excluding steroid dienone is 2. The van der Waals surface area contributed by atoms with E-state index in [-0.39, 0.29) is 24.2 Å². The molecule has 152 valence electrons. The first kappa shape index (κ1) is 19.1. The maximum Gasteiger partial charge on any atom is 0.413 e. The molecule has 0 aromatic rings. The zero-order valence-corrected chi connectivity index (χ0v) is 15.2. The Kier molecular flexibility index (Phi) is 3.85. The van der Waals surface area contributed by atoms with Crippen LogP contribution >= 0.6 is 0 Å². The molecule has 8 heteroatoms. The molecule has 3 fully saturated rings. The molecule has 0 amide bonds. The highest BCUT2D eigenvalue weighted by atomic mass is 19.4. The molecular weight excluding hydrogens is 374 g/mol. The molecule has 0 heterocycles. The van der Waals surface area contributed by atoms with Gasteiger partial charge in [0.15, 0.2) is 0 Å². The first-order chi connectivity index (χ1) is 12.2. The van der Waals surface area contributed by atoms with Crippen molar-refractivity contribution >= 4 is 5.97 Å². The predicted molar refractivity (Wildman–Crippen MR) is 83.3 cm³/mol. The second kappa shape index (κ2) is 5.44. The molecule has 0 saturated heterocycles. The van der Waals surface area contributed by atoms with Crippen molar-refractivity contribution in [3.05, 3.63) is 11.1 Å². The number of carbonyl (C=O) groups is 1. The number of rotatable bonds is 1. The lowest BCUT2D eigenvalue weighted by Gasteiger charge is -2.40. The Labute approximate surface area is 153 Å². The molecule has 4 aliphatic rings. The highest BCUT2D eigenvalue weighted by molar-refractivity contribution is 5.74. The van der Waals surface area contributed by atoms with Gasteiger partial charge in [-0.3, -0.25) is 4.79 Å². The van der Waals surface area contributed by atoms with E-state index in [4.69, 9.17) is 4.74 Å². The summed E-state index contributed by atoms with van der Waals surface area (Å²) < 4.78 is 86.4. The van der Waals surface area contributed by atoms with E-state index in [2.05, 4.69) is 0 Å². The van der Waals surface area contributed by atoms with Crippen LogP contribution in [-0.4, -0.2) is 23.9 Å². The van der Waals surface area contributed by atoms with Crippen LogP contribution in [0.5, 0.6) is 0 Å². The summed E-state index contributed by atoms with van der Waals surface area (Å²) in [6, 6.07) is 0. The summed E-state index contributed by atoms with van der Waals surface area (Å²) in [5, 5.41) is 0. The highest BCUT2D eigenvalue weighted by Gasteiger charge is 2.71. The zero-order chi connectivity index (χ0) is 20.1. The third kappa shape index (κ3) is 2.80. The molecule has 2 nitrogen and oxygen atoms in total. The van der Waals surface area contributed by atoms with Crippen LogP contribution in [0.1, 0.15) is 40.0 Å². The first-order valence-electron chi connectivity index (χ1n) is 9.31. The number of hydrogen-bond donors (Lipinski definition) is 0. The number of halogens is 6. The van der Waals surface area contributed by atoms with Crippen LogP contribution < -0.4 is 0 Å². The maximum atomic E-state index is 13.5. The molecule has 0 aromatic heterocycles. The molecule has 0 aromatic carbocycles. The van der Waals surface area contributed by atoms with E-state index in [1.54, 1.807) is 20.8 Å². The van der Waals surface area contributed by atoms with Crippen molar-refractivity contribution in [2.75, 3.05) is 0 Å². The van der Waals surface area contributed by atoms with E-state index in [1.165, 1.54) is 0 Å². The van der Waals surface area contributed by atoms with Crippen LogP contribution in [0, 0.1) is 41.4 Å². The Morgan fingerprint density at radius 2 is 1.37 bits per heavy atom. The molecule has 0 aliphatic heterocycles. The molecule has 4 bridgehead atoms. The molecular formula is C19H22F6O2. The lowest BCUT2D eigenvalue weighted by atomic mass is 9.65. The fraction of sp³-hybridized carbons (Fsp3) is 0.842. The molecule has 7 unspecified atom stereocenters. The molecule has 0 N–H and O–H groups in total. The van der Waals surface area contributed by atoms with E-state index < -0.39 is 58.7 Å². The van der Waals surface area contributed by atoms with Gasteiger partial charge in [-0.15, -0.1) is 0 Å². The average molecular weight is 396 g/mol. The van der Waals surface area contributed by atoms with Crippen LogP contribution in [0.2, 0.25) is 0 Å². The third-order valence-electron chi connectivity index (χ3n) is 6.92. The first-order valence-corrected chi connectivity index (χ1v) is 9.31. The van der Waals surface area contributed by atoms with Crippen molar-refractivity contribution in [2.45, 2.75) is 58.0 Å². The van der Waals surface area contributed by atoms with Gasteiger partial charge in [-0.25, -0.2) is 0 Å². The SMILES string of the molecule is CC(C)(C)OC(=O)C1CC2CC1C1C3CC(C(C(F)(F)F)=C3C(F)(F)F)C21. The van der Waals surface area contributed by atoms with Gasteiger partial charge in [0.05, 0.1) is 5.92 Å². The number of esters is 1. The molecule has 4 rings (SSSR count). The number of ether oxygens (including phenoxy) is 1. The summed E-state index contributed by atoms with van der Waals surface area (Å²) in [6.45, 7) is 5.16. The Bertz CT molecular complexity index is 698. The number of fused-ring (bicyclic) bond motifs is 9. The second-order valence-corrected chi connectivity index (χ2v) is 9.46. The van der Waals surface area contributed by atoms with E-state index in [9.17, 15) is 31.1 Å². The summed E-state index contributed by atoms with van der Waals surface area (Å²) >= 11 is 0. The molecule has 0 spiro atoms. The van der Waals surface area contributed by atoms with Crippen molar-refractivity contribution in [1.82, 2.24) is 0 Å². The van der Waals surface area contributed by atoms with Crippen LogP contribution in [0.25, 0.3) is 0 Å². The number of carbonyl (C=O) groups excluding carboxylic acids is 1. The number of alkyl halides is 6. The summed E-state index contributed by atoms with van der Waals surface area (Å²) in [7, 11) is 0. The van der Waals surface area contributed by atoms with E-state index >= 15 is 0 Å². The van der Waals surface area contributed by atoms with Crippen molar-refractivity contribution in [2.24, 2.45) is 41.4 Å². The molecule has 7 atom stereocenters. The Morgan fingerprint density at radius 1 is 0.852 bits per heavy atom. The summed E-state index contributed by atoms with van der Waals surface area (Å²) in [5.41, 5.74) is -3.42. The average Bonchev–Trinajstić information content (AvgIpc) is 3.19. The molecule has 0 radical (unpaired) electrons. The smallest absolute Gasteiger partial charge is 0.413 e. The Balaban J connectivity index is 1.67. The minimum atomic E-state index is -4.99. The Hall–Kier alpha value is -1.21. The predicted octanol–water partition coefficient (Wildman–Crippen LogP) is 5.29. The van der Waals surface area contributed by atoms with Gasteiger partial charge < -0.3 is 4.74 Å². The van der Waals surface area contributed by atoms with Gasteiger partial charge >= 0.3 is 18.3 Å². The van der Waals surface area contributed by atoms with Gasteiger partial charge in [0.1, 0.15) is 5.60 Å². The zero-order valence-electron chi connectivity index (χ0n) is 15.2. The van der Waals surface area contributed by atoms with Crippen molar-refractivity contribution in [3.63, 3.8) is 0 Å². The summed E-state index contributed by atoms with van der Waals surface area (Å²) in [5.74, 6) is -4.46. The maximum absolute atomic E-state index is 13.5. The van der Waals surface area contributed by atoms with Crippen LogP contribution in [0.15, 0.2) is 11.1 Å². The van der Waals surface area contributed by atoms with Crippen molar-refractivity contribution in [3.8, 4) is 0 Å². The molecule has 27 heavy (non-hydrogen) atoms. The second-order valence-electron chi connectivity index (χ2n) is 9.46. The van der Waals surface area contributed by atoms with E-state index in [0.717, 1.165) is 0 Å². The normalized spacial score (nSPS) is 40.7. The summed E-state index contributed by atoms with van der Waals surface area (Å²) in [6.07, 6.45) is -9.08. The lowest BCUT2D eigenvalue weighted by Crippen LogP contribution is -2.42. The fourth-order valence-corrected chi connectivity index (χ4v) is 6.60. The van der Waals surface area contributed by atoms with Gasteiger partial charge in [0.25, 0.3) is 0 Å². The largest absolute Gasteiger partial charge is 0.460 e. The van der Waals surface area contributed by atoms with Gasteiger partial charge in [-0.1, -0.05) is 0 Å². The van der Waals surface area contributed by atoms with Crippen LogP contribution in [0.3, 0.4) is 0 Å². The highest BCUT2D eigenvalue weighted by Crippen LogP contribution is 2.72. The fourth-order valence-electron chi connectivity index (χ4n) is 6.60. The third-order valence-corrected chi connectivity index (χ3v) is 6.92. The van der Waals surface area contributed by atoms with Crippen LogP contribution in [0.4, 0.5) is 26.3 Å². The van der Waals surface area contributed by atoms with Gasteiger partial charge in [0, 0.05) is 11.1 Å². The van der Waals surface area contributed by atoms with Crippen molar-refractivity contribution < 1.29 is 35.9 Å². The topological polar surface area (TPSA) is 26.3 Å². The van der Waals surface area contributed by atoms with Gasteiger partial charge in [-0.05, 0) is 75.5 Å². The van der Waals surface area contributed by atoms with Crippen LogP contribution in [-0.2, 0) is 9.53 Å². The monoisotopic (exact) mass is 396 g/mol. The van der Waals surface area contributed by atoms with Crippen molar-refractivity contribution in [1.29, 1.82) is 0 Å². The molecule has 3 saturated carbocycles. The Morgan fingerprint density at radius 3 is 1.85 bits per heavy atom. The quantitative estimate of drug-likeness (QED) is 0.261. The summed E-state index contributed by atoms with van der Waals surface area (Å²) in [4.78, 5) is 12.5. The van der Waals surface area contributed by atoms with Gasteiger partial charge in [0.2, 0.25) is 0 Å².